The first-order valence-electron chi connectivity index (χ1n) is 6.99. The molecular formula is C14H20BrN5O. The Hall–Kier alpha value is -1.63. The molecule has 1 amide bonds. The number of carbonyl (C=O) groups is 1. The van der Waals surface area contributed by atoms with Crippen LogP contribution in [-0.4, -0.2) is 25.5 Å². The van der Waals surface area contributed by atoms with Gasteiger partial charge in [0, 0.05) is 24.9 Å². The fraction of sp³-hybridized carbons (Fsp3) is 0.500. The highest BCUT2D eigenvalue weighted by atomic mass is 79.9. The maximum Gasteiger partial charge on any atom is 0.222 e. The van der Waals surface area contributed by atoms with Crippen molar-refractivity contribution in [2.75, 3.05) is 0 Å². The summed E-state index contributed by atoms with van der Waals surface area (Å²) in [5.74, 6) is 0.0162. The molecule has 7 heteroatoms. The van der Waals surface area contributed by atoms with Gasteiger partial charge in [-0.15, -0.1) is 0 Å². The predicted octanol–water partition coefficient (Wildman–Crippen LogP) is 2.19. The summed E-state index contributed by atoms with van der Waals surface area (Å²) in [6.07, 6.45) is 2.16. The zero-order chi connectivity index (χ0) is 15.4. The number of aromatic nitrogens is 4. The molecule has 0 bridgehead atoms. The van der Waals surface area contributed by atoms with Crippen molar-refractivity contribution in [2.45, 2.75) is 46.8 Å². The molecule has 0 aliphatic rings. The van der Waals surface area contributed by atoms with E-state index in [4.69, 9.17) is 0 Å². The van der Waals surface area contributed by atoms with E-state index in [1.54, 1.807) is 6.20 Å². The van der Waals surface area contributed by atoms with Gasteiger partial charge in [0.2, 0.25) is 5.91 Å². The van der Waals surface area contributed by atoms with E-state index in [1.165, 1.54) is 0 Å². The van der Waals surface area contributed by atoms with Gasteiger partial charge in [-0.05, 0) is 42.8 Å². The standard InChI is InChI=1S/C14H20BrN5O/c1-4-19-12(5-7-17-19)9-16-13(21)6-8-20-11(3)14(15)10(2)18-20/h5,7H,4,6,8-9H2,1-3H3,(H,16,21). The number of hydrogen-bond acceptors (Lipinski definition) is 3. The van der Waals surface area contributed by atoms with E-state index in [9.17, 15) is 4.79 Å². The largest absolute Gasteiger partial charge is 0.350 e. The van der Waals surface area contributed by atoms with Crippen LogP contribution in [0.4, 0.5) is 0 Å². The van der Waals surface area contributed by atoms with Crippen LogP contribution in [0.15, 0.2) is 16.7 Å². The fourth-order valence-electron chi connectivity index (χ4n) is 2.17. The molecule has 0 saturated carbocycles. The van der Waals surface area contributed by atoms with Crippen molar-refractivity contribution in [3.05, 3.63) is 33.8 Å². The molecule has 2 rings (SSSR count). The van der Waals surface area contributed by atoms with Crippen molar-refractivity contribution >= 4 is 21.8 Å². The minimum absolute atomic E-state index is 0.0162. The first kappa shape index (κ1) is 15.8. The third-order valence-corrected chi connectivity index (χ3v) is 4.56. The molecule has 0 atom stereocenters. The highest BCUT2D eigenvalue weighted by Crippen LogP contribution is 2.19. The summed E-state index contributed by atoms with van der Waals surface area (Å²) in [6, 6.07) is 1.92. The molecule has 2 aromatic heterocycles. The second kappa shape index (κ2) is 6.89. The highest BCUT2D eigenvalue weighted by molar-refractivity contribution is 9.10. The Morgan fingerprint density at radius 3 is 2.76 bits per heavy atom. The van der Waals surface area contributed by atoms with E-state index in [-0.39, 0.29) is 5.91 Å². The molecule has 2 aromatic rings. The van der Waals surface area contributed by atoms with Crippen molar-refractivity contribution in [1.82, 2.24) is 24.9 Å². The zero-order valence-corrected chi connectivity index (χ0v) is 14.1. The number of halogens is 1. The Balaban J connectivity index is 1.84. The van der Waals surface area contributed by atoms with Crippen LogP contribution >= 0.6 is 15.9 Å². The van der Waals surface area contributed by atoms with Crippen LogP contribution < -0.4 is 5.32 Å². The Labute approximate surface area is 132 Å². The van der Waals surface area contributed by atoms with E-state index >= 15 is 0 Å². The average molecular weight is 354 g/mol. The molecule has 0 fully saturated rings. The van der Waals surface area contributed by atoms with E-state index in [0.29, 0.717) is 19.5 Å². The molecular weight excluding hydrogens is 334 g/mol. The monoisotopic (exact) mass is 353 g/mol. The van der Waals surface area contributed by atoms with E-state index in [0.717, 1.165) is 28.1 Å². The first-order valence-corrected chi connectivity index (χ1v) is 7.79. The summed E-state index contributed by atoms with van der Waals surface area (Å²) < 4.78 is 4.74. The molecule has 1 N–H and O–H groups in total. The quantitative estimate of drug-likeness (QED) is 0.865. The smallest absolute Gasteiger partial charge is 0.222 e. The molecule has 0 spiro atoms. The molecule has 0 aliphatic carbocycles. The summed E-state index contributed by atoms with van der Waals surface area (Å²) in [7, 11) is 0. The third-order valence-electron chi connectivity index (χ3n) is 3.41. The Kier molecular flexibility index (Phi) is 5.17. The SMILES string of the molecule is CCn1nccc1CNC(=O)CCn1nc(C)c(Br)c1C. The van der Waals surface area contributed by atoms with Gasteiger partial charge in [0.05, 0.1) is 29.0 Å². The van der Waals surface area contributed by atoms with Crippen molar-refractivity contribution in [3.63, 3.8) is 0 Å². The molecule has 6 nitrogen and oxygen atoms in total. The molecule has 21 heavy (non-hydrogen) atoms. The van der Waals surface area contributed by atoms with Gasteiger partial charge in [0.1, 0.15) is 0 Å². The maximum absolute atomic E-state index is 11.9. The molecule has 0 aliphatic heterocycles. The van der Waals surface area contributed by atoms with Crippen LogP contribution in [0.5, 0.6) is 0 Å². The van der Waals surface area contributed by atoms with Crippen molar-refractivity contribution in [1.29, 1.82) is 0 Å². The average Bonchev–Trinajstić information content (AvgIpc) is 3.03. The predicted molar refractivity (Wildman–Crippen MR) is 83.8 cm³/mol. The summed E-state index contributed by atoms with van der Waals surface area (Å²) in [4.78, 5) is 11.9. The second-order valence-electron chi connectivity index (χ2n) is 4.87. The molecule has 0 radical (unpaired) electrons. The lowest BCUT2D eigenvalue weighted by Gasteiger charge is -2.08. The van der Waals surface area contributed by atoms with Crippen LogP contribution in [0.1, 0.15) is 30.4 Å². The van der Waals surface area contributed by atoms with Crippen LogP contribution in [-0.2, 0) is 24.4 Å². The molecule has 2 heterocycles. The van der Waals surface area contributed by atoms with Crippen molar-refractivity contribution < 1.29 is 4.79 Å². The molecule has 0 aromatic carbocycles. The number of hydrogen-bond donors (Lipinski definition) is 1. The Morgan fingerprint density at radius 1 is 1.38 bits per heavy atom. The van der Waals surface area contributed by atoms with Gasteiger partial charge in [-0.3, -0.25) is 14.2 Å². The summed E-state index contributed by atoms with van der Waals surface area (Å²) in [5, 5.41) is 11.5. The van der Waals surface area contributed by atoms with Crippen LogP contribution in [0.25, 0.3) is 0 Å². The number of amides is 1. The van der Waals surface area contributed by atoms with Crippen LogP contribution in [0.3, 0.4) is 0 Å². The van der Waals surface area contributed by atoms with Gasteiger partial charge in [0.15, 0.2) is 0 Å². The fourth-order valence-corrected chi connectivity index (χ4v) is 2.46. The Morgan fingerprint density at radius 2 is 2.14 bits per heavy atom. The van der Waals surface area contributed by atoms with Gasteiger partial charge >= 0.3 is 0 Å². The Bertz CT molecular complexity index is 631. The van der Waals surface area contributed by atoms with Crippen LogP contribution in [0.2, 0.25) is 0 Å². The van der Waals surface area contributed by atoms with E-state index < -0.39 is 0 Å². The highest BCUT2D eigenvalue weighted by Gasteiger charge is 2.10. The molecule has 114 valence electrons. The van der Waals surface area contributed by atoms with Crippen molar-refractivity contribution in [2.24, 2.45) is 0 Å². The first-order chi connectivity index (χ1) is 10.0. The van der Waals surface area contributed by atoms with Crippen LogP contribution in [0, 0.1) is 13.8 Å². The number of carbonyl (C=O) groups excluding carboxylic acids is 1. The number of rotatable bonds is 6. The number of aryl methyl sites for hydroxylation is 3. The topological polar surface area (TPSA) is 64.7 Å². The summed E-state index contributed by atoms with van der Waals surface area (Å²) in [6.45, 7) is 7.85. The van der Waals surface area contributed by atoms with Gasteiger partial charge < -0.3 is 5.32 Å². The zero-order valence-electron chi connectivity index (χ0n) is 12.6. The minimum atomic E-state index is 0.0162. The summed E-state index contributed by atoms with van der Waals surface area (Å²) in [5.41, 5.74) is 3.00. The number of nitrogens with one attached hydrogen (secondary N) is 1. The lowest BCUT2D eigenvalue weighted by Crippen LogP contribution is -2.25. The van der Waals surface area contributed by atoms with E-state index in [1.807, 2.05) is 36.2 Å². The van der Waals surface area contributed by atoms with Gasteiger partial charge in [-0.2, -0.15) is 10.2 Å². The number of nitrogens with zero attached hydrogens (tertiary/aromatic N) is 4. The minimum Gasteiger partial charge on any atom is -0.350 e. The second-order valence-corrected chi connectivity index (χ2v) is 5.67. The molecule has 0 unspecified atom stereocenters. The van der Waals surface area contributed by atoms with Crippen molar-refractivity contribution in [3.8, 4) is 0 Å². The third kappa shape index (κ3) is 3.72. The van der Waals surface area contributed by atoms with Gasteiger partial charge in [-0.1, -0.05) is 0 Å². The maximum atomic E-state index is 11.9. The lowest BCUT2D eigenvalue weighted by atomic mass is 10.3. The lowest BCUT2D eigenvalue weighted by molar-refractivity contribution is -0.121. The van der Waals surface area contributed by atoms with Gasteiger partial charge in [0.25, 0.3) is 0 Å². The summed E-state index contributed by atoms with van der Waals surface area (Å²) >= 11 is 3.49. The van der Waals surface area contributed by atoms with Gasteiger partial charge in [-0.25, -0.2) is 0 Å². The van der Waals surface area contributed by atoms with E-state index in [2.05, 4.69) is 31.4 Å². The molecule has 0 saturated heterocycles. The normalized spacial score (nSPS) is 10.9.